The van der Waals surface area contributed by atoms with Crippen molar-refractivity contribution in [3.8, 4) is 0 Å². The van der Waals surface area contributed by atoms with Crippen molar-refractivity contribution in [3.63, 3.8) is 0 Å². The number of nitrogens with one attached hydrogen (secondary N) is 3. The van der Waals surface area contributed by atoms with E-state index in [1.165, 1.54) is 0 Å². The van der Waals surface area contributed by atoms with Crippen LogP contribution in [0.2, 0.25) is 0 Å². The van der Waals surface area contributed by atoms with Gasteiger partial charge in [-0.05, 0) is 0 Å². The first-order valence-corrected chi connectivity index (χ1v) is 13.5. The van der Waals surface area contributed by atoms with Gasteiger partial charge in [0.1, 0.15) is 73.1 Å². The molecular formula is C24H41N3O16. The summed E-state index contributed by atoms with van der Waals surface area (Å²) in [6.45, 7) is 0.995. The van der Waals surface area contributed by atoms with Gasteiger partial charge in [0, 0.05) is 20.8 Å². The molecule has 0 aliphatic carbocycles. The maximum Gasteiger partial charge on any atom is 0.217 e. The first kappa shape index (κ1) is 35.4. The van der Waals surface area contributed by atoms with Crippen molar-refractivity contribution in [2.75, 3.05) is 19.8 Å². The molecule has 0 unspecified atom stereocenters. The molecule has 3 aliphatic rings. The highest BCUT2D eigenvalue weighted by atomic mass is 16.7. The summed E-state index contributed by atoms with van der Waals surface area (Å²) >= 11 is 0. The first-order chi connectivity index (χ1) is 20.2. The van der Waals surface area contributed by atoms with Crippen LogP contribution < -0.4 is 16.0 Å². The second-order valence-electron chi connectivity index (χ2n) is 10.5. The van der Waals surface area contributed by atoms with Crippen molar-refractivity contribution in [3.05, 3.63) is 0 Å². The number of aliphatic hydroxyl groups excluding tert-OH is 8. The lowest BCUT2D eigenvalue weighted by atomic mass is 9.93. The molecule has 3 saturated heterocycles. The molecule has 3 rings (SSSR count). The molecule has 3 heterocycles. The van der Waals surface area contributed by atoms with Crippen LogP contribution >= 0.6 is 0 Å². The van der Waals surface area contributed by atoms with Gasteiger partial charge in [-0.15, -0.1) is 0 Å². The van der Waals surface area contributed by atoms with E-state index in [-0.39, 0.29) is 0 Å². The van der Waals surface area contributed by atoms with Gasteiger partial charge in [0.05, 0.1) is 19.8 Å². The van der Waals surface area contributed by atoms with Gasteiger partial charge >= 0.3 is 0 Å². The third-order valence-corrected chi connectivity index (χ3v) is 7.30. The lowest BCUT2D eigenvalue weighted by Crippen LogP contribution is -2.71. The van der Waals surface area contributed by atoms with E-state index in [2.05, 4.69) is 16.0 Å². The topological polar surface area (TPSA) is 295 Å². The molecule has 3 fully saturated rings. The summed E-state index contributed by atoms with van der Waals surface area (Å²) < 4.78 is 28.3. The Labute approximate surface area is 245 Å². The zero-order valence-corrected chi connectivity index (χ0v) is 23.6. The molecule has 0 aromatic rings. The Bertz CT molecular complexity index is 962. The van der Waals surface area contributed by atoms with Crippen molar-refractivity contribution < 1.29 is 78.9 Å². The fourth-order valence-corrected chi connectivity index (χ4v) is 5.28. The van der Waals surface area contributed by atoms with Crippen LogP contribution in [0, 0.1) is 0 Å². The van der Waals surface area contributed by atoms with E-state index in [1.807, 2.05) is 0 Å². The third-order valence-electron chi connectivity index (χ3n) is 7.30. The number of carbonyl (C=O) groups is 3. The molecular weight excluding hydrogens is 586 g/mol. The Hall–Kier alpha value is -2.11. The van der Waals surface area contributed by atoms with Crippen LogP contribution in [-0.4, -0.2) is 170 Å². The highest BCUT2D eigenvalue weighted by Gasteiger charge is 2.54. The number of carbonyl (C=O) groups excluding carboxylic acids is 3. The summed E-state index contributed by atoms with van der Waals surface area (Å²) in [5.74, 6) is -1.96. The SMILES string of the molecule is CC(=O)N[C@@H]1[C@H](O[C@H]2[C@H](O)[C@@H](NC(C)=O)[C@H](O[C@H]3[C@H](O)[C@@H](NC(C)=O)[C@@H](O)O[C@H]3CO)O[C@H]2CO)O[C@H](CO)[C@@H](O)[C@@H]1O. The fraction of sp³-hybridized carbons (Fsp3) is 0.875. The highest BCUT2D eigenvalue weighted by molar-refractivity contribution is 5.74. The maximum atomic E-state index is 12.1. The van der Waals surface area contributed by atoms with Gasteiger partial charge in [0.2, 0.25) is 17.7 Å². The smallest absolute Gasteiger partial charge is 0.217 e. The van der Waals surface area contributed by atoms with Gasteiger partial charge in [-0.3, -0.25) is 14.4 Å². The minimum Gasteiger partial charge on any atom is -0.394 e. The molecule has 19 heteroatoms. The zero-order valence-electron chi connectivity index (χ0n) is 23.6. The molecule has 3 aliphatic heterocycles. The number of rotatable bonds is 10. The van der Waals surface area contributed by atoms with E-state index >= 15 is 0 Å². The van der Waals surface area contributed by atoms with Gasteiger partial charge in [-0.1, -0.05) is 0 Å². The molecule has 3 amide bonds. The molecule has 0 bridgehead atoms. The average Bonchev–Trinajstić information content (AvgIpc) is 2.94. The van der Waals surface area contributed by atoms with Crippen LogP contribution in [0.1, 0.15) is 20.8 Å². The lowest BCUT2D eigenvalue weighted by molar-refractivity contribution is -0.351. The van der Waals surface area contributed by atoms with Crippen LogP contribution in [0.4, 0.5) is 0 Å². The second-order valence-corrected chi connectivity index (χ2v) is 10.5. The monoisotopic (exact) mass is 627 g/mol. The zero-order chi connectivity index (χ0) is 32.2. The summed E-state index contributed by atoms with van der Waals surface area (Å²) in [5.41, 5.74) is 0. The number of aliphatic hydroxyl groups is 8. The molecule has 0 aromatic carbocycles. The van der Waals surface area contributed by atoms with Crippen LogP contribution in [0.3, 0.4) is 0 Å². The Balaban J connectivity index is 1.89. The number of ether oxygens (including phenoxy) is 5. The van der Waals surface area contributed by atoms with Crippen LogP contribution in [0.5, 0.6) is 0 Å². The van der Waals surface area contributed by atoms with Gasteiger partial charge < -0.3 is 80.5 Å². The van der Waals surface area contributed by atoms with Crippen LogP contribution in [0.25, 0.3) is 0 Å². The number of hydrogen-bond donors (Lipinski definition) is 11. The van der Waals surface area contributed by atoms with E-state index in [1.54, 1.807) is 0 Å². The molecule has 248 valence electrons. The van der Waals surface area contributed by atoms with Crippen molar-refractivity contribution >= 4 is 17.7 Å². The van der Waals surface area contributed by atoms with E-state index < -0.39 is 129 Å². The Morgan fingerprint density at radius 2 is 0.930 bits per heavy atom. The molecule has 0 saturated carbocycles. The Morgan fingerprint density at radius 1 is 0.558 bits per heavy atom. The standard InChI is InChI=1S/C24H41N3O16/c1-7(31)25-13-18(36)20(11(5-29)39-22(13)38)42-24-15(27-9(3)33)19(37)21(12(6-30)41-24)43-23-14(26-8(2)32)17(35)16(34)10(4-28)40-23/h10-24,28-30,34-38H,4-6H2,1-3H3,(H,25,31)(H,26,32)(H,27,33)/t10-,11+,12+,13-,14+,15-,16-,17-,18-,19-,20-,21-,22+,23+,24+/m1/s1. The number of amides is 3. The predicted octanol–water partition coefficient (Wildman–Crippen LogP) is -7.14. The maximum absolute atomic E-state index is 12.1. The molecule has 11 N–H and O–H groups in total. The summed E-state index contributed by atoms with van der Waals surface area (Å²) in [5, 5.41) is 90.0. The average molecular weight is 628 g/mol. The molecule has 19 nitrogen and oxygen atoms in total. The summed E-state index contributed by atoms with van der Waals surface area (Å²) in [6.07, 6.45) is -19.0. The van der Waals surface area contributed by atoms with Gasteiger partial charge in [0.15, 0.2) is 18.9 Å². The van der Waals surface area contributed by atoms with Crippen molar-refractivity contribution in [1.29, 1.82) is 0 Å². The largest absolute Gasteiger partial charge is 0.394 e. The first-order valence-electron chi connectivity index (χ1n) is 13.5. The van der Waals surface area contributed by atoms with E-state index in [0.717, 1.165) is 20.8 Å². The minimum absolute atomic E-state index is 0.628. The van der Waals surface area contributed by atoms with Gasteiger partial charge in [-0.25, -0.2) is 0 Å². The lowest BCUT2D eigenvalue weighted by Gasteiger charge is -2.49. The summed E-state index contributed by atoms with van der Waals surface area (Å²) in [4.78, 5) is 35.5. The molecule has 43 heavy (non-hydrogen) atoms. The second kappa shape index (κ2) is 15.3. The quantitative estimate of drug-likeness (QED) is 0.107. The predicted molar refractivity (Wildman–Crippen MR) is 136 cm³/mol. The Morgan fingerprint density at radius 3 is 1.37 bits per heavy atom. The molecule has 0 aromatic heterocycles. The van der Waals surface area contributed by atoms with Crippen LogP contribution in [-0.2, 0) is 38.1 Å². The highest BCUT2D eigenvalue weighted by Crippen LogP contribution is 2.32. The Kier molecular flexibility index (Phi) is 12.5. The van der Waals surface area contributed by atoms with Crippen molar-refractivity contribution in [1.82, 2.24) is 16.0 Å². The van der Waals surface area contributed by atoms with Gasteiger partial charge in [-0.2, -0.15) is 0 Å². The van der Waals surface area contributed by atoms with E-state index in [0.29, 0.717) is 0 Å². The van der Waals surface area contributed by atoms with Crippen LogP contribution in [0.15, 0.2) is 0 Å². The normalized spacial score (nSPS) is 43.5. The third kappa shape index (κ3) is 8.14. The van der Waals surface area contributed by atoms with Crippen molar-refractivity contribution in [2.45, 2.75) is 113 Å². The fourth-order valence-electron chi connectivity index (χ4n) is 5.28. The summed E-state index contributed by atoms with van der Waals surface area (Å²) in [6, 6.07) is -4.31. The van der Waals surface area contributed by atoms with Crippen molar-refractivity contribution in [2.24, 2.45) is 0 Å². The van der Waals surface area contributed by atoms with E-state index in [9.17, 15) is 55.2 Å². The van der Waals surface area contributed by atoms with Gasteiger partial charge in [0.25, 0.3) is 0 Å². The molecule has 0 radical (unpaired) electrons. The molecule has 15 atom stereocenters. The minimum atomic E-state index is -1.77. The molecule has 0 spiro atoms. The van der Waals surface area contributed by atoms with E-state index in [4.69, 9.17) is 23.7 Å². The summed E-state index contributed by atoms with van der Waals surface area (Å²) in [7, 11) is 0. The number of hydrogen-bond acceptors (Lipinski definition) is 16.